The molecule has 2 rings (SSSR count). The van der Waals surface area contributed by atoms with Crippen molar-refractivity contribution >= 4 is 23.6 Å². The van der Waals surface area contributed by atoms with Crippen molar-refractivity contribution in [3.8, 4) is 0 Å². The fourth-order valence-electron chi connectivity index (χ4n) is 3.05. The molecule has 0 aliphatic carbocycles. The molecule has 0 aliphatic heterocycles. The molecule has 0 saturated carbocycles. The van der Waals surface area contributed by atoms with Gasteiger partial charge in [-0.3, -0.25) is 9.59 Å². The number of carbonyl (C=O) groups is 2. The quantitative estimate of drug-likeness (QED) is 0.550. The van der Waals surface area contributed by atoms with Crippen LogP contribution in [-0.2, 0) is 21.9 Å². The van der Waals surface area contributed by atoms with Crippen molar-refractivity contribution in [3.05, 3.63) is 71.3 Å². The number of thioether (sulfide) groups is 1. The average Bonchev–Trinajstić information content (AvgIpc) is 2.73. The first-order valence-corrected chi connectivity index (χ1v) is 11.4. The maximum atomic E-state index is 13.0. The van der Waals surface area contributed by atoms with Gasteiger partial charge in [0.15, 0.2) is 0 Å². The molecular formula is C24H32N2O2S. The summed E-state index contributed by atoms with van der Waals surface area (Å²) in [5.41, 5.74) is 3.45. The van der Waals surface area contributed by atoms with E-state index in [-0.39, 0.29) is 11.8 Å². The molecule has 0 bridgehead atoms. The summed E-state index contributed by atoms with van der Waals surface area (Å²) >= 11 is 1.75. The molecule has 0 heterocycles. The maximum absolute atomic E-state index is 13.0. The van der Waals surface area contributed by atoms with E-state index in [0.29, 0.717) is 19.5 Å². The van der Waals surface area contributed by atoms with E-state index in [4.69, 9.17) is 0 Å². The standard InChI is InChI=1S/C24H32N2O2S/c1-4-14-25-24(28)20(3)26(17-22-12-8-9-19(2)16-22)23(27)13-15-29-18-21-10-6-5-7-11-21/h5-12,16,20H,4,13-15,17-18H2,1-3H3,(H,25,28)/t20-/m1/s1. The number of nitrogens with zero attached hydrogens (tertiary/aromatic N) is 1. The maximum Gasteiger partial charge on any atom is 0.242 e. The molecule has 1 N–H and O–H groups in total. The highest BCUT2D eigenvalue weighted by atomic mass is 32.2. The highest BCUT2D eigenvalue weighted by Gasteiger charge is 2.25. The van der Waals surface area contributed by atoms with Gasteiger partial charge in [0.25, 0.3) is 0 Å². The van der Waals surface area contributed by atoms with Crippen LogP contribution in [0.5, 0.6) is 0 Å². The Labute approximate surface area is 179 Å². The third-order valence-corrected chi connectivity index (χ3v) is 5.75. The van der Waals surface area contributed by atoms with Crippen molar-refractivity contribution < 1.29 is 9.59 Å². The van der Waals surface area contributed by atoms with Gasteiger partial charge in [-0.15, -0.1) is 0 Å². The van der Waals surface area contributed by atoms with Gasteiger partial charge in [0.1, 0.15) is 6.04 Å². The molecule has 2 aromatic rings. The molecule has 0 aliphatic rings. The Morgan fingerprint density at radius 3 is 2.48 bits per heavy atom. The van der Waals surface area contributed by atoms with Crippen LogP contribution >= 0.6 is 11.8 Å². The number of hydrogen-bond acceptors (Lipinski definition) is 3. The van der Waals surface area contributed by atoms with Gasteiger partial charge in [0.2, 0.25) is 11.8 Å². The van der Waals surface area contributed by atoms with Crippen LogP contribution in [0.3, 0.4) is 0 Å². The smallest absolute Gasteiger partial charge is 0.242 e. The van der Waals surface area contributed by atoms with E-state index < -0.39 is 6.04 Å². The largest absolute Gasteiger partial charge is 0.354 e. The molecule has 0 saturated heterocycles. The second-order valence-corrected chi connectivity index (χ2v) is 8.37. The first kappa shape index (κ1) is 23.0. The van der Waals surface area contributed by atoms with Crippen LogP contribution in [0.2, 0.25) is 0 Å². The van der Waals surface area contributed by atoms with Crippen molar-refractivity contribution in [2.75, 3.05) is 12.3 Å². The minimum atomic E-state index is -0.492. The fourth-order valence-corrected chi connectivity index (χ4v) is 3.94. The summed E-state index contributed by atoms with van der Waals surface area (Å²) in [4.78, 5) is 27.2. The van der Waals surface area contributed by atoms with E-state index >= 15 is 0 Å². The van der Waals surface area contributed by atoms with E-state index in [2.05, 4.69) is 23.5 Å². The number of aryl methyl sites for hydroxylation is 1. The third-order valence-electron chi connectivity index (χ3n) is 4.72. The highest BCUT2D eigenvalue weighted by Crippen LogP contribution is 2.16. The first-order valence-electron chi connectivity index (χ1n) is 10.3. The summed E-state index contributed by atoms with van der Waals surface area (Å²) in [5, 5.41) is 2.92. The van der Waals surface area contributed by atoms with E-state index in [0.717, 1.165) is 29.1 Å². The zero-order valence-corrected chi connectivity index (χ0v) is 18.5. The number of rotatable bonds is 11. The lowest BCUT2D eigenvalue weighted by Crippen LogP contribution is -2.47. The zero-order chi connectivity index (χ0) is 21.1. The molecular weight excluding hydrogens is 380 g/mol. The average molecular weight is 413 g/mol. The zero-order valence-electron chi connectivity index (χ0n) is 17.7. The lowest BCUT2D eigenvalue weighted by atomic mass is 10.1. The van der Waals surface area contributed by atoms with Gasteiger partial charge in [-0.25, -0.2) is 0 Å². The summed E-state index contributed by atoms with van der Waals surface area (Å²) in [7, 11) is 0. The third kappa shape index (κ3) is 7.94. The van der Waals surface area contributed by atoms with E-state index in [1.165, 1.54) is 5.56 Å². The predicted octanol–water partition coefficient (Wildman–Crippen LogP) is 4.56. The van der Waals surface area contributed by atoms with Crippen LogP contribution < -0.4 is 5.32 Å². The van der Waals surface area contributed by atoms with E-state index in [1.54, 1.807) is 16.7 Å². The van der Waals surface area contributed by atoms with E-state index in [1.807, 2.05) is 57.2 Å². The molecule has 1 atom stereocenters. The van der Waals surface area contributed by atoms with Crippen molar-refractivity contribution in [2.45, 2.75) is 52.0 Å². The topological polar surface area (TPSA) is 49.4 Å². The lowest BCUT2D eigenvalue weighted by Gasteiger charge is -2.29. The molecule has 4 nitrogen and oxygen atoms in total. The van der Waals surface area contributed by atoms with Crippen molar-refractivity contribution in [1.82, 2.24) is 10.2 Å². The van der Waals surface area contributed by atoms with E-state index in [9.17, 15) is 9.59 Å². The SMILES string of the molecule is CCCNC(=O)[C@@H](C)N(Cc1cccc(C)c1)C(=O)CCSCc1ccccc1. The molecule has 0 spiro atoms. The summed E-state index contributed by atoms with van der Waals surface area (Å²) in [6.45, 7) is 6.95. The Kier molecular flexibility index (Phi) is 9.78. The predicted molar refractivity (Wildman–Crippen MR) is 122 cm³/mol. The van der Waals surface area contributed by atoms with Crippen molar-refractivity contribution in [3.63, 3.8) is 0 Å². The van der Waals surface area contributed by atoms with Crippen LogP contribution in [0.4, 0.5) is 0 Å². The molecule has 29 heavy (non-hydrogen) atoms. The van der Waals surface area contributed by atoms with Gasteiger partial charge in [-0.05, 0) is 31.4 Å². The van der Waals surface area contributed by atoms with Crippen LogP contribution in [0, 0.1) is 6.92 Å². The van der Waals surface area contributed by atoms with Crippen LogP contribution in [0.15, 0.2) is 54.6 Å². The van der Waals surface area contributed by atoms with Gasteiger partial charge < -0.3 is 10.2 Å². The van der Waals surface area contributed by atoms with Crippen LogP contribution in [-0.4, -0.2) is 35.1 Å². The molecule has 0 unspecified atom stereocenters. The normalized spacial score (nSPS) is 11.7. The molecule has 156 valence electrons. The van der Waals surface area contributed by atoms with Gasteiger partial charge in [0, 0.05) is 31.0 Å². The van der Waals surface area contributed by atoms with Gasteiger partial charge >= 0.3 is 0 Å². The molecule has 2 aromatic carbocycles. The molecule has 5 heteroatoms. The summed E-state index contributed by atoms with van der Waals surface area (Å²) < 4.78 is 0. The van der Waals surface area contributed by atoms with Crippen molar-refractivity contribution in [2.24, 2.45) is 0 Å². The molecule has 2 amide bonds. The van der Waals surface area contributed by atoms with Crippen LogP contribution in [0.1, 0.15) is 43.4 Å². The lowest BCUT2D eigenvalue weighted by molar-refractivity contribution is -0.140. The minimum Gasteiger partial charge on any atom is -0.354 e. The summed E-state index contributed by atoms with van der Waals surface area (Å²) in [5.74, 6) is 1.55. The molecule has 0 aromatic heterocycles. The Morgan fingerprint density at radius 1 is 1.07 bits per heavy atom. The Bertz CT molecular complexity index is 779. The highest BCUT2D eigenvalue weighted by molar-refractivity contribution is 7.98. The second kappa shape index (κ2) is 12.3. The number of nitrogens with one attached hydrogen (secondary N) is 1. The number of amides is 2. The summed E-state index contributed by atoms with van der Waals surface area (Å²) in [6.07, 6.45) is 1.30. The Balaban J connectivity index is 1.98. The monoisotopic (exact) mass is 412 g/mol. The Morgan fingerprint density at radius 2 is 1.79 bits per heavy atom. The van der Waals surface area contributed by atoms with Gasteiger partial charge in [0.05, 0.1) is 0 Å². The van der Waals surface area contributed by atoms with Crippen molar-refractivity contribution in [1.29, 1.82) is 0 Å². The molecule has 0 fully saturated rings. The number of benzene rings is 2. The Hall–Kier alpha value is -2.27. The van der Waals surface area contributed by atoms with Gasteiger partial charge in [-0.1, -0.05) is 67.1 Å². The fraction of sp³-hybridized carbons (Fsp3) is 0.417. The minimum absolute atomic E-state index is 0.0196. The molecule has 0 radical (unpaired) electrons. The first-order chi connectivity index (χ1) is 14.0. The number of hydrogen-bond donors (Lipinski definition) is 1. The summed E-state index contributed by atoms with van der Waals surface area (Å²) in [6, 6.07) is 17.9. The van der Waals surface area contributed by atoms with Gasteiger partial charge in [-0.2, -0.15) is 11.8 Å². The van der Waals surface area contributed by atoms with Crippen LogP contribution in [0.25, 0.3) is 0 Å². The second-order valence-electron chi connectivity index (χ2n) is 7.27. The number of carbonyl (C=O) groups excluding carboxylic acids is 2.